The SMILES string of the molecule is CCOc1cc(C=NNC(=O)c2cccc(S(=O)(=O)Nc3cc(Cl)ccc3Cl)c2)ccc1OCCOc1cccc(C)c1. The van der Waals surface area contributed by atoms with Crippen LogP contribution < -0.4 is 24.4 Å². The first-order valence-electron chi connectivity index (χ1n) is 13.1. The van der Waals surface area contributed by atoms with Crippen LogP contribution in [0.25, 0.3) is 0 Å². The van der Waals surface area contributed by atoms with Gasteiger partial charge in [-0.25, -0.2) is 13.8 Å². The summed E-state index contributed by atoms with van der Waals surface area (Å²) in [6, 6.07) is 22.9. The first-order chi connectivity index (χ1) is 20.6. The second kappa shape index (κ2) is 14.8. The smallest absolute Gasteiger partial charge is 0.271 e. The van der Waals surface area contributed by atoms with E-state index in [2.05, 4.69) is 15.2 Å². The van der Waals surface area contributed by atoms with Gasteiger partial charge in [-0.05, 0) is 91.7 Å². The van der Waals surface area contributed by atoms with E-state index in [0.717, 1.165) is 11.3 Å². The fraction of sp³-hybridized carbons (Fsp3) is 0.161. The number of carbonyl (C=O) groups excluding carboxylic acids is 1. The number of ether oxygens (including phenoxy) is 3. The van der Waals surface area contributed by atoms with Crippen molar-refractivity contribution in [3.05, 3.63) is 112 Å². The molecule has 43 heavy (non-hydrogen) atoms. The van der Waals surface area contributed by atoms with Gasteiger partial charge >= 0.3 is 0 Å². The van der Waals surface area contributed by atoms with Gasteiger partial charge in [0.25, 0.3) is 15.9 Å². The maximum atomic E-state index is 12.9. The van der Waals surface area contributed by atoms with E-state index in [4.69, 9.17) is 37.4 Å². The molecule has 12 heteroatoms. The highest BCUT2D eigenvalue weighted by Crippen LogP contribution is 2.29. The number of halogens is 2. The molecule has 0 fully saturated rings. The lowest BCUT2D eigenvalue weighted by Gasteiger charge is -2.13. The van der Waals surface area contributed by atoms with E-state index in [1.165, 1.54) is 48.7 Å². The lowest BCUT2D eigenvalue weighted by molar-refractivity contribution is 0.0955. The minimum atomic E-state index is -4.06. The van der Waals surface area contributed by atoms with E-state index in [-0.39, 0.29) is 21.2 Å². The normalized spacial score (nSPS) is 11.3. The van der Waals surface area contributed by atoms with E-state index in [1.54, 1.807) is 18.2 Å². The molecule has 0 spiro atoms. The number of hydrogen-bond acceptors (Lipinski definition) is 7. The summed E-state index contributed by atoms with van der Waals surface area (Å²) in [6.07, 6.45) is 1.44. The summed E-state index contributed by atoms with van der Waals surface area (Å²) in [5, 5.41) is 4.50. The maximum absolute atomic E-state index is 12.9. The van der Waals surface area contributed by atoms with Gasteiger partial charge in [-0.15, -0.1) is 0 Å². The lowest BCUT2D eigenvalue weighted by atomic mass is 10.2. The van der Waals surface area contributed by atoms with Crippen LogP contribution in [0.2, 0.25) is 10.0 Å². The fourth-order valence-corrected chi connectivity index (χ4v) is 5.33. The third-order valence-corrected chi connectivity index (χ3v) is 7.75. The van der Waals surface area contributed by atoms with E-state index >= 15 is 0 Å². The monoisotopic (exact) mass is 641 g/mol. The molecule has 4 aromatic carbocycles. The van der Waals surface area contributed by atoms with Gasteiger partial charge in [0.05, 0.1) is 28.4 Å². The third-order valence-electron chi connectivity index (χ3n) is 5.83. The predicted octanol–water partition coefficient (Wildman–Crippen LogP) is 6.72. The number of nitrogens with one attached hydrogen (secondary N) is 2. The Morgan fingerprint density at radius 1 is 0.884 bits per heavy atom. The summed E-state index contributed by atoms with van der Waals surface area (Å²) in [5.41, 5.74) is 4.37. The molecular formula is C31H29Cl2N3O6S. The average Bonchev–Trinajstić information content (AvgIpc) is 2.98. The van der Waals surface area contributed by atoms with Crippen LogP contribution >= 0.6 is 23.2 Å². The quantitative estimate of drug-likeness (QED) is 0.0951. The van der Waals surface area contributed by atoms with Gasteiger partial charge in [0.2, 0.25) is 0 Å². The standard InChI is InChI=1S/C31H29Cl2N3O6S/c1-3-40-30-17-22(10-13-29(30)42-15-14-41-25-8-4-6-21(2)16-25)20-34-35-31(37)23-7-5-9-26(18-23)43(38,39)36-28-19-24(32)11-12-27(28)33/h4-13,16-20,36H,3,14-15H2,1-2H3,(H,35,37). The number of sulfonamides is 1. The summed E-state index contributed by atoms with van der Waals surface area (Å²) in [7, 11) is -4.06. The Morgan fingerprint density at radius 3 is 2.47 bits per heavy atom. The Kier molecular flexibility index (Phi) is 10.9. The highest BCUT2D eigenvalue weighted by molar-refractivity contribution is 7.92. The molecule has 0 aliphatic rings. The Morgan fingerprint density at radius 2 is 1.67 bits per heavy atom. The molecule has 2 N–H and O–H groups in total. The van der Waals surface area contributed by atoms with Crippen LogP contribution in [0, 0.1) is 6.92 Å². The van der Waals surface area contributed by atoms with Crippen LogP contribution in [0.15, 0.2) is 94.9 Å². The minimum absolute atomic E-state index is 0.0869. The van der Waals surface area contributed by atoms with Crippen molar-refractivity contribution in [2.75, 3.05) is 24.5 Å². The number of benzene rings is 4. The largest absolute Gasteiger partial charge is 0.490 e. The molecule has 0 saturated heterocycles. The summed E-state index contributed by atoms with van der Waals surface area (Å²) in [5.74, 6) is 1.22. The number of rotatable bonds is 13. The zero-order valence-electron chi connectivity index (χ0n) is 23.3. The molecule has 1 amide bonds. The summed E-state index contributed by atoms with van der Waals surface area (Å²) >= 11 is 12.0. The average molecular weight is 643 g/mol. The molecular weight excluding hydrogens is 613 g/mol. The van der Waals surface area contributed by atoms with E-state index in [0.29, 0.717) is 41.9 Å². The van der Waals surface area contributed by atoms with E-state index in [1.807, 2.05) is 38.1 Å². The Bertz CT molecular complexity index is 1730. The fourth-order valence-electron chi connectivity index (χ4n) is 3.82. The molecule has 0 heterocycles. The molecule has 0 aliphatic carbocycles. The van der Waals surface area contributed by atoms with Crippen molar-refractivity contribution in [1.29, 1.82) is 0 Å². The Labute approximate surface area is 260 Å². The van der Waals surface area contributed by atoms with Crippen LogP contribution in [0.4, 0.5) is 5.69 Å². The van der Waals surface area contributed by atoms with Crippen molar-refractivity contribution in [1.82, 2.24) is 5.43 Å². The second-order valence-corrected chi connectivity index (χ2v) is 11.6. The van der Waals surface area contributed by atoms with Gasteiger partial charge in [-0.1, -0.05) is 41.4 Å². The molecule has 0 saturated carbocycles. The van der Waals surface area contributed by atoms with Crippen molar-refractivity contribution >= 4 is 51.0 Å². The van der Waals surface area contributed by atoms with Gasteiger partial charge in [-0.3, -0.25) is 9.52 Å². The minimum Gasteiger partial charge on any atom is -0.490 e. The molecule has 0 unspecified atom stereocenters. The molecule has 0 atom stereocenters. The Balaban J connectivity index is 1.36. The van der Waals surface area contributed by atoms with Gasteiger partial charge < -0.3 is 14.2 Å². The molecule has 0 bridgehead atoms. The van der Waals surface area contributed by atoms with Crippen molar-refractivity contribution in [2.24, 2.45) is 5.10 Å². The molecule has 4 rings (SSSR count). The number of nitrogens with zero attached hydrogens (tertiary/aromatic N) is 1. The van der Waals surface area contributed by atoms with Crippen molar-refractivity contribution in [3.8, 4) is 17.2 Å². The van der Waals surface area contributed by atoms with E-state index < -0.39 is 15.9 Å². The first-order valence-corrected chi connectivity index (χ1v) is 15.4. The molecule has 0 radical (unpaired) electrons. The lowest BCUT2D eigenvalue weighted by Crippen LogP contribution is -2.19. The zero-order chi connectivity index (χ0) is 30.8. The molecule has 0 aliphatic heterocycles. The number of hydrogen-bond donors (Lipinski definition) is 2. The molecule has 0 aromatic heterocycles. The number of anilines is 1. The topological polar surface area (TPSA) is 115 Å². The van der Waals surface area contributed by atoms with Crippen LogP contribution in [0.1, 0.15) is 28.4 Å². The third kappa shape index (κ3) is 9.12. The van der Waals surface area contributed by atoms with Gasteiger partial charge in [0.1, 0.15) is 19.0 Å². The maximum Gasteiger partial charge on any atom is 0.271 e. The van der Waals surface area contributed by atoms with Gasteiger partial charge in [0, 0.05) is 10.6 Å². The number of hydrazone groups is 1. The zero-order valence-corrected chi connectivity index (χ0v) is 25.7. The second-order valence-electron chi connectivity index (χ2n) is 9.11. The molecule has 224 valence electrons. The van der Waals surface area contributed by atoms with Crippen molar-refractivity contribution in [3.63, 3.8) is 0 Å². The number of amides is 1. The highest BCUT2D eigenvalue weighted by Gasteiger charge is 2.18. The van der Waals surface area contributed by atoms with Crippen molar-refractivity contribution in [2.45, 2.75) is 18.7 Å². The van der Waals surface area contributed by atoms with Crippen LogP contribution in [0.3, 0.4) is 0 Å². The van der Waals surface area contributed by atoms with E-state index in [9.17, 15) is 13.2 Å². The number of carbonyl (C=O) groups is 1. The highest BCUT2D eigenvalue weighted by atomic mass is 35.5. The van der Waals surface area contributed by atoms with Crippen LogP contribution in [-0.4, -0.2) is 40.4 Å². The van der Waals surface area contributed by atoms with Crippen LogP contribution in [0.5, 0.6) is 17.2 Å². The van der Waals surface area contributed by atoms with Crippen molar-refractivity contribution < 1.29 is 27.4 Å². The summed E-state index contributed by atoms with van der Waals surface area (Å²) in [6.45, 7) is 4.95. The summed E-state index contributed by atoms with van der Waals surface area (Å²) < 4.78 is 45.5. The number of aryl methyl sites for hydroxylation is 1. The summed E-state index contributed by atoms with van der Waals surface area (Å²) in [4.78, 5) is 12.6. The van der Waals surface area contributed by atoms with Gasteiger partial charge in [-0.2, -0.15) is 5.10 Å². The Hall–Kier alpha value is -4.25. The van der Waals surface area contributed by atoms with Gasteiger partial charge in [0.15, 0.2) is 11.5 Å². The first kappa shape index (κ1) is 31.7. The molecule has 9 nitrogen and oxygen atoms in total. The molecule has 4 aromatic rings. The van der Waals surface area contributed by atoms with Crippen LogP contribution in [-0.2, 0) is 10.0 Å². The predicted molar refractivity (Wildman–Crippen MR) is 169 cm³/mol.